The van der Waals surface area contributed by atoms with Crippen LogP contribution < -0.4 is 20.1 Å². The third kappa shape index (κ3) is 10.9. The minimum atomic E-state index is -0.493. The van der Waals surface area contributed by atoms with E-state index in [1.807, 2.05) is 0 Å². The Kier molecular flexibility index (Phi) is 15.2. The highest BCUT2D eigenvalue weighted by atomic mass is 35.5. The van der Waals surface area contributed by atoms with Gasteiger partial charge in [0.25, 0.3) is 0 Å². The van der Waals surface area contributed by atoms with Gasteiger partial charge in [0.05, 0.1) is 29.9 Å². The second-order valence-electron chi connectivity index (χ2n) is 9.51. The van der Waals surface area contributed by atoms with Gasteiger partial charge in [-0.2, -0.15) is 0 Å². The quantitative estimate of drug-likeness (QED) is 0.0902. The van der Waals surface area contributed by atoms with E-state index in [9.17, 15) is 10.1 Å². The molecule has 0 aliphatic carbocycles. The normalized spacial score (nSPS) is 10.8. The van der Waals surface area contributed by atoms with Crippen LogP contribution >= 0.6 is 11.6 Å². The van der Waals surface area contributed by atoms with E-state index in [0.29, 0.717) is 28.8 Å². The Morgan fingerprint density at radius 2 is 1.34 bits per heavy atom. The molecule has 0 unspecified atom stereocenters. The summed E-state index contributed by atoms with van der Waals surface area (Å²) in [7, 11) is 2.99. The number of hydrogen-bond donors (Lipinski definition) is 2. The summed E-state index contributed by atoms with van der Waals surface area (Å²) in [4.78, 5) is 19.6. The molecule has 1 aromatic carbocycles. The first kappa shape index (κ1) is 31.4. The number of ether oxygens (including phenoxy) is 2. The number of anilines is 3. The molecule has 38 heavy (non-hydrogen) atoms. The number of halogens is 1. The van der Waals surface area contributed by atoms with Gasteiger partial charge in [-0.15, -0.1) is 0 Å². The van der Waals surface area contributed by atoms with Crippen LogP contribution in [0.25, 0.3) is 0 Å². The van der Waals surface area contributed by atoms with Crippen molar-refractivity contribution in [1.82, 2.24) is 9.97 Å². The van der Waals surface area contributed by atoms with E-state index in [4.69, 9.17) is 21.1 Å². The van der Waals surface area contributed by atoms with Crippen LogP contribution in [0, 0.1) is 10.1 Å². The summed E-state index contributed by atoms with van der Waals surface area (Å²) < 4.78 is 10.6. The van der Waals surface area contributed by atoms with Crippen LogP contribution in [-0.2, 0) is 0 Å². The highest BCUT2D eigenvalue weighted by molar-refractivity contribution is 6.32. The van der Waals surface area contributed by atoms with Gasteiger partial charge in [0.1, 0.15) is 17.8 Å². The van der Waals surface area contributed by atoms with E-state index in [-0.39, 0.29) is 17.3 Å². The minimum absolute atomic E-state index is 0.0491. The number of nitrogens with one attached hydrogen (secondary N) is 2. The van der Waals surface area contributed by atoms with Crippen LogP contribution in [0.2, 0.25) is 5.02 Å². The molecular weight excluding hydrogens is 506 g/mol. The Morgan fingerprint density at radius 3 is 1.87 bits per heavy atom. The van der Waals surface area contributed by atoms with Gasteiger partial charge in [0.15, 0.2) is 0 Å². The number of methoxy groups -OCH3 is 2. The van der Waals surface area contributed by atoms with Crippen molar-refractivity contribution in [3.63, 3.8) is 0 Å². The summed E-state index contributed by atoms with van der Waals surface area (Å²) >= 11 is 6.24. The Balaban J connectivity index is 1.75. The van der Waals surface area contributed by atoms with Crippen LogP contribution in [0.15, 0.2) is 18.5 Å². The molecule has 2 N–H and O–H groups in total. The van der Waals surface area contributed by atoms with Crippen LogP contribution in [-0.4, -0.2) is 35.7 Å². The smallest absolute Gasteiger partial charge is 0.353 e. The third-order valence-electron chi connectivity index (χ3n) is 6.55. The SMILES string of the molecule is CCCCCCCCCCCCCCCCNc1ncnc(Nc2cc(Cl)c(OC)cc2OC)c1[N+](=O)[O-]. The lowest BCUT2D eigenvalue weighted by atomic mass is 10.0. The van der Waals surface area contributed by atoms with Crippen molar-refractivity contribution in [2.75, 3.05) is 31.4 Å². The largest absolute Gasteiger partial charge is 0.495 e. The maximum atomic E-state index is 11.9. The lowest BCUT2D eigenvalue weighted by Gasteiger charge is -2.14. The molecular formula is C28H44ClN5O4. The number of nitrogens with zero attached hydrogens (tertiary/aromatic N) is 3. The second kappa shape index (κ2) is 18.4. The van der Waals surface area contributed by atoms with Crippen molar-refractivity contribution in [2.45, 2.75) is 96.8 Å². The van der Waals surface area contributed by atoms with E-state index in [0.717, 1.165) is 12.8 Å². The molecule has 0 aliphatic heterocycles. The van der Waals surface area contributed by atoms with Crippen molar-refractivity contribution >= 4 is 34.6 Å². The van der Waals surface area contributed by atoms with Gasteiger partial charge in [0.2, 0.25) is 11.6 Å². The van der Waals surface area contributed by atoms with Gasteiger partial charge in [-0.25, -0.2) is 9.97 Å². The zero-order chi connectivity index (χ0) is 27.6. The van der Waals surface area contributed by atoms with Gasteiger partial charge in [-0.1, -0.05) is 102 Å². The van der Waals surface area contributed by atoms with Crippen LogP contribution in [0.5, 0.6) is 11.5 Å². The molecule has 1 aromatic heterocycles. The topological polar surface area (TPSA) is 111 Å². The first-order chi connectivity index (χ1) is 18.5. The summed E-state index contributed by atoms with van der Waals surface area (Å²) in [5.41, 5.74) is 0.199. The van der Waals surface area contributed by atoms with Crippen LogP contribution in [0.1, 0.15) is 96.8 Å². The number of aromatic nitrogens is 2. The maximum Gasteiger partial charge on any atom is 0.353 e. The third-order valence-corrected chi connectivity index (χ3v) is 6.85. The number of nitro groups is 1. The molecule has 0 radical (unpaired) electrons. The summed E-state index contributed by atoms with van der Waals surface area (Å²) in [6.07, 6.45) is 19.3. The Labute approximate surface area is 232 Å². The van der Waals surface area contributed by atoms with Crippen molar-refractivity contribution in [3.8, 4) is 11.5 Å². The van der Waals surface area contributed by atoms with E-state index >= 15 is 0 Å². The Morgan fingerprint density at radius 1 is 0.816 bits per heavy atom. The molecule has 1 heterocycles. The van der Waals surface area contributed by atoms with Gasteiger partial charge in [-0.3, -0.25) is 10.1 Å². The lowest BCUT2D eigenvalue weighted by molar-refractivity contribution is -0.383. The van der Waals surface area contributed by atoms with E-state index in [1.54, 1.807) is 12.1 Å². The Bertz CT molecular complexity index is 977. The number of benzene rings is 1. The molecule has 0 saturated heterocycles. The van der Waals surface area contributed by atoms with Crippen molar-refractivity contribution in [1.29, 1.82) is 0 Å². The molecule has 0 saturated carbocycles. The van der Waals surface area contributed by atoms with Gasteiger partial charge < -0.3 is 20.1 Å². The number of rotatable bonds is 21. The van der Waals surface area contributed by atoms with Crippen molar-refractivity contribution in [2.24, 2.45) is 0 Å². The highest BCUT2D eigenvalue weighted by Gasteiger charge is 2.24. The average molecular weight is 550 g/mol. The highest BCUT2D eigenvalue weighted by Crippen LogP contribution is 2.39. The second-order valence-corrected chi connectivity index (χ2v) is 9.92. The fraction of sp³-hybridized carbons (Fsp3) is 0.643. The summed E-state index contributed by atoms with van der Waals surface area (Å²) in [5.74, 6) is 1.08. The van der Waals surface area contributed by atoms with E-state index in [1.165, 1.54) is 97.6 Å². The fourth-order valence-electron chi connectivity index (χ4n) is 4.38. The lowest BCUT2D eigenvalue weighted by Crippen LogP contribution is -2.09. The fourth-order valence-corrected chi connectivity index (χ4v) is 4.62. The molecule has 2 rings (SSSR count). The molecule has 0 aliphatic rings. The summed E-state index contributed by atoms with van der Waals surface area (Å²) in [5, 5.41) is 18.3. The molecule has 212 valence electrons. The molecule has 0 bridgehead atoms. The summed E-state index contributed by atoms with van der Waals surface area (Å²) in [6.45, 7) is 2.86. The first-order valence-electron chi connectivity index (χ1n) is 13.9. The minimum Gasteiger partial charge on any atom is -0.495 e. The monoisotopic (exact) mass is 549 g/mol. The average Bonchev–Trinajstić information content (AvgIpc) is 2.91. The van der Waals surface area contributed by atoms with Gasteiger partial charge >= 0.3 is 5.69 Å². The van der Waals surface area contributed by atoms with Crippen LogP contribution in [0.4, 0.5) is 23.0 Å². The number of unbranched alkanes of at least 4 members (excludes halogenated alkanes) is 13. The Hall–Kier alpha value is -2.81. The predicted molar refractivity (Wildman–Crippen MR) is 155 cm³/mol. The number of hydrogen-bond acceptors (Lipinski definition) is 8. The maximum absolute atomic E-state index is 11.9. The van der Waals surface area contributed by atoms with Crippen molar-refractivity contribution in [3.05, 3.63) is 33.6 Å². The molecule has 9 nitrogen and oxygen atoms in total. The zero-order valence-corrected chi connectivity index (χ0v) is 23.9. The standard InChI is InChI=1S/C28H44ClN5O4/c1-4-5-6-7-8-9-10-11-12-13-14-15-16-17-18-30-27-26(34(35)36)28(32-21-31-27)33-23-19-22(29)24(37-2)20-25(23)38-3/h19-21H,4-18H2,1-3H3,(H2,30,31,32,33). The predicted octanol–water partition coefficient (Wildman–Crippen LogP) is 8.69. The van der Waals surface area contributed by atoms with Crippen LogP contribution in [0.3, 0.4) is 0 Å². The zero-order valence-electron chi connectivity index (χ0n) is 23.2. The van der Waals surface area contributed by atoms with E-state index < -0.39 is 4.92 Å². The molecule has 0 atom stereocenters. The molecule has 0 spiro atoms. The molecule has 10 heteroatoms. The van der Waals surface area contributed by atoms with E-state index in [2.05, 4.69) is 27.5 Å². The first-order valence-corrected chi connectivity index (χ1v) is 14.3. The molecule has 0 amide bonds. The van der Waals surface area contributed by atoms with Gasteiger partial charge in [0, 0.05) is 12.6 Å². The summed E-state index contributed by atoms with van der Waals surface area (Å²) in [6, 6.07) is 3.18. The van der Waals surface area contributed by atoms with Crippen molar-refractivity contribution < 1.29 is 14.4 Å². The molecule has 2 aromatic rings. The van der Waals surface area contributed by atoms with Gasteiger partial charge in [-0.05, 0) is 12.5 Å². The molecule has 0 fully saturated rings.